The molecule has 1 aromatic carbocycles. The van der Waals surface area contributed by atoms with E-state index >= 15 is 0 Å². The molecule has 0 fully saturated rings. The van der Waals surface area contributed by atoms with Crippen LogP contribution < -0.4 is 11.1 Å². The number of hydrogen-bond donors (Lipinski definition) is 2. The van der Waals surface area contributed by atoms with Crippen molar-refractivity contribution in [2.24, 2.45) is 0 Å². The summed E-state index contributed by atoms with van der Waals surface area (Å²) in [6.07, 6.45) is 0. The van der Waals surface area contributed by atoms with Crippen LogP contribution in [-0.4, -0.2) is 9.97 Å². The number of nitrogens with two attached hydrogens (primary N) is 1. The second-order valence-electron chi connectivity index (χ2n) is 3.27. The highest BCUT2D eigenvalue weighted by Gasteiger charge is 1.99. The topological polar surface area (TPSA) is 63.8 Å². The van der Waals surface area contributed by atoms with Crippen molar-refractivity contribution in [3.8, 4) is 0 Å². The van der Waals surface area contributed by atoms with E-state index in [4.69, 9.17) is 17.3 Å². The molecule has 2 rings (SSSR count). The SMILES string of the molecule is Nc1nc(Cl)cc(NCc2ccccc2)n1. The number of rotatable bonds is 3. The molecule has 1 heterocycles. The van der Waals surface area contributed by atoms with E-state index < -0.39 is 0 Å². The third kappa shape index (κ3) is 2.84. The largest absolute Gasteiger partial charge is 0.368 e. The predicted octanol–water partition coefficient (Wildman–Crippen LogP) is 2.32. The third-order valence-corrected chi connectivity index (χ3v) is 2.22. The highest BCUT2D eigenvalue weighted by atomic mass is 35.5. The molecule has 0 saturated heterocycles. The van der Waals surface area contributed by atoms with Crippen molar-refractivity contribution >= 4 is 23.4 Å². The summed E-state index contributed by atoms with van der Waals surface area (Å²) >= 11 is 5.76. The van der Waals surface area contributed by atoms with Gasteiger partial charge in [-0.05, 0) is 5.56 Å². The van der Waals surface area contributed by atoms with Crippen molar-refractivity contribution in [1.82, 2.24) is 9.97 Å². The van der Waals surface area contributed by atoms with E-state index in [1.54, 1.807) is 6.07 Å². The molecule has 4 nitrogen and oxygen atoms in total. The fourth-order valence-electron chi connectivity index (χ4n) is 1.31. The monoisotopic (exact) mass is 234 g/mol. The average Bonchev–Trinajstić information content (AvgIpc) is 2.27. The molecule has 3 N–H and O–H groups in total. The van der Waals surface area contributed by atoms with E-state index in [0.717, 1.165) is 5.56 Å². The van der Waals surface area contributed by atoms with E-state index in [1.165, 1.54) is 0 Å². The quantitative estimate of drug-likeness (QED) is 0.800. The summed E-state index contributed by atoms with van der Waals surface area (Å²) in [5.74, 6) is 0.796. The Morgan fingerprint density at radius 1 is 1.19 bits per heavy atom. The number of nitrogens with zero attached hydrogens (tertiary/aromatic N) is 2. The van der Waals surface area contributed by atoms with Gasteiger partial charge in [-0.1, -0.05) is 41.9 Å². The lowest BCUT2D eigenvalue weighted by atomic mass is 10.2. The molecule has 0 aliphatic heterocycles. The Hall–Kier alpha value is -1.81. The van der Waals surface area contributed by atoms with Crippen molar-refractivity contribution in [2.45, 2.75) is 6.54 Å². The summed E-state index contributed by atoms with van der Waals surface area (Å²) in [7, 11) is 0. The van der Waals surface area contributed by atoms with Crippen LogP contribution in [0.5, 0.6) is 0 Å². The van der Waals surface area contributed by atoms with Crippen LogP contribution in [0, 0.1) is 0 Å². The molecule has 16 heavy (non-hydrogen) atoms. The van der Waals surface area contributed by atoms with Gasteiger partial charge in [-0.15, -0.1) is 0 Å². The van der Waals surface area contributed by atoms with E-state index in [2.05, 4.69) is 15.3 Å². The van der Waals surface area contributed by atoms with E-state index in [1.807, 2.05) is 30.3 Å². The third-order valence-electron chi connectivity index (χ3n) is 2.03. The standard InChI is InChI=1S/C11H11ClN4/c12-9-6-10(16-11(13)15-9)14-7-8-4-2-1-3-5-8/h1-6H,7H2,(H3,13,14,15,16). The molecule has 0 spiro atoms. The zero-order chi connectivity index (χ0) is 11.4. The van der Waals surface area contributed by atoms with Gasteiger partial charge in [0.15, 0.2) is 0 Å². The van der Waals surface area contributed by atoms with Crippen LogP contribution in [0.3, 0.4) is 0 Å². The first kappa shape index (κ1) is 10.7. The maximum absolute atomic E-state index is 5.76. The Balaban J connectivity index is 2.05. The Bertz CT molecular complexity index is 452. The Morgan fingerprint density at radius 2 is 1.94 bits per heavy atom. The minimum absolute atomic E-state index is 0.170. The second-order valence-corrected chi connectivity index (χ2v) is 3.66. The van der Waals surface area contributed by atoms with Gasteiger partial charge in [0, 0.05) is 12.6 Å². The van der Waals surface area contributed by atoms with Gasteiger partial charge in [-0.3, -0.25) is 0 Å². The average molecular weight is 235 g/mol. The van der Waals surface area contributed by atoms with Gasteiger partial charge in [0.05, 0.1) is 0 Å². The number of anilines is 2. The summed E-state index contributed by atoms with van der Waals surface area (Å²) in [5, 5.41) is 3.46. The maximum atomic E-state index is 5.76. The highest BCUT2D eigenvalue weighted by molar-refractivity contribution is 6.29. The zero-order valence-electron chi connectivity index (χ0n) is 8.52. The van der Waals surface area contributed by atoms with Gasteiger partial charge >= 0.3 is 0 Å². The van der Waals surface area contributed by atoms with Crippen molar-refractivity contribution in [1.29, 1.82) is 0 Å². The van der Waals surface area contributed by atoms with Gasteiger partial charge < -0.3 is 11.1 Å². The van der Waals surface area contributed by atoms with E-state index in [0.29, 0.717) is 17.5 Å². The number of aromatic nitrogens is 2. The molecule has 82 valence electrons. The maximum Gasteiger partial charge on any atom is 0.223 e. The zero-order valence-corrected chi connectivity index (χ0v) is 9.28. The number of benzene rings is 1. The minimum Gasteiger partial charge on any atom is -0.368 e. The van der Waals surface area contributed by atoms with Gasteiger partial charge in [0.2, 0.25) is 5.95 Å². The fourth-order valence-corrected chi connectivity index (χ4v) is 1.50. The first-order valence-corrected chi connectivity index (χ1v) is 5.20. The Labute approximate surface area is 98.5 Å². The molecular formula is C11H11ClN4. The van der Waals surface area contributed by atoms with Crippen molar-refractivity contribution in [3.05, 3.63) is 47.1 Å². The summed E-state index contributed by atoms with van der Waals surface area (Å²) in [4.78, 5) is 7.80. The van der Waals surface area contributed by atoms with E-state index in [9.17, 15) is 0 Å². The summed E-state index contributed by atoms with van der Waals surface area (Å²) < 4.78 is 0. The number of nitrogen functional groups attached to an aromatic ring is 1. The van der Waals surface area contributed by atoms with Crippen LogP contribution in [0.4, 0.5) is 11.8 Å². The van der Waals surface area contributed by atoms with Crippen molar-refractivity contribution in [3.63, 3.8) is 0 Å². The first-order chi connectivity index (χ1) is 7.74. The van der Waals surface area contributed by atoms with Gasteiger partial charge in [-0.25, -0.2) is 4.98 Å². The molecular weight excluding hydrogens is 224 g/mol. The lowest BCUT2D eigenvalue weighted by molar-refractivity contribution is 1.09. The molecule has 0 atom stereocenters. The van der Waals surface area contributed by atoms with Crippen LogP contribution in [0.1, 0.15) is 5.56 Å². The van der Waals surface area contributed by atoms with Crippen LogP contribution in [0.15, 0.2) is 36.4 Å². The fraction of sp³-hybridized carbons (Fsp3) is 0.0909. The second kappa shape index (κ2) is 4.81. The Morgan fingerprint density at radius 3 is 2.62 bits per heavy atom. The van der Waals surface area contributed by atoms with Crippen molar-refractivity contribution < 1.29 is 0 Å². The van der Waals surface area contributed by atoms with Gasteiger partial charge in [0.1, 0.15) is 11.0 Å². The van der Waals surface area contributed by atoms with Crippen LogP contribution in [0.2, 0.25) is 5.15 Å². The molecule has 0 saturated carbocycles. The molecule has 0 bridgehead atoms. The number of hydrogen-bond acceptors (Lipinski definition) is 4. The summed E-state index contributed by atoms with van der Waals surface area (Å²) in [5.41, 5.74) is 6.64. The molecule has 5 heteroatoms. The minimum atomic E-state index is 0.170. The molecule has 0 radical (unpaired) electrons. The van der Waals surface area contributed by atoms with Gasteiger partial charge in [0.25, 0.3) is 0 Å². The molecule has 0 unspecified atom stereocenters. The molecule has 0 aliphatic carbocycles. The van der Waals surface area contributed by atoms with Crippen LogP contribution in [0.25, 0.3) is 0 Å². The lowest BCUT2D eigenvalue weighted by Gasteiger charge is -2.06. The normalized spacial score (nSPS) is 10.1. The number of halogens is 1. The molecule has 1 aromatic heterocycles. The van der Waals surface area contributed by atoms with Crippen LogP contribution >= 0.6 is 11.6 Å². The van der Waals surface area contributed by atoms with Crippen molar-refractivity contribution in [2.75, 3.05) is 11.1 Å². The smallest absolute Gasteiger partial charge is 0.223 e. The Kier molecular flexibility index (Phi) is 3.22. The molecule has 0 aliphatic rings. The summed E-state index contributed by atoms with van der Waals surface area (Å²) in [6.45, 7) is 0.674. The number of nitrogens with one attached hydrogen (secondary N) is 1. The molecule has 2 aromatic rings. The molecule has 0 amide bonds. The first-order valence-electron chi connectivity index (χ1n) is 4.82. The highest BCUT2D eigenvalue weighted by Crippen LogP contribution is 2.13. The van der Waals surface area contributed by atoms with Crippen LogP contribution in [-0.2, 0) is 6.54 Å². The summed E-state index contributed by atoms with van der Waals surface area (Å²) in [6, 6.07) is 11.6. The van der Waals surface area contributed by atoms with Gasteiger partial charge in [-0.2, -0.15) is 4.98 Å². The van der Waals surface area contributed by atoms with E-state index in [-0.39, 0.29) is 5.95 Å². The lowest BCUT2D eigenvalue weighted by Crippen LogP contribution is -2.04. The predicted molar refractivity (Wildman–Crippen MR) is 65.2 cm³/mol.